The molecule has 0 radical (unpaired) electrons. The van der Waals surface area contributed by atoms with E-state index in [1.165, 1.54) is 12.0 Å². The minimum Gasteiger partial charge on any atom is -0.479 e. The lowest BCUT2D eigenvalue weighted by Crippen LogP contribution is -2.45. The molecule has 6 nitrogen and oxygen atoms in total. The molecular formula is C15H20N2O4. The van der Waals surface area contributed by atoms with Gasteiger partial charge in [0.2, 0.25) is 0 Å². The number of carboxylic acid groups (broad SMARTS) is 1. The fourth-order valence-corrected chi connectivity index (χ4v) is 1.78. The van der Waals surface area contributed by atoms with Crippen LogP contribution < -0.4 is 5.32 Å². The zero-order valence-corrected chi connectivity index (χ0v) is 12.0. The zero-order chi connectivity index (χ0) is 15.7. The quantitative estimate of drug-likeness (QED) is 0.714. The van der Waals surface area contributed by atoms with Gasteiger partial charge in [0.15, 0.2) is 6.04 Å². The molecule has 21 heavy (non-hydrogen) atoms. The van der Waals surface area contributed by atoms with Crippen molar-refractivity contribution < 1.29 is 19.4 Å². The van der Waals surface area contributed by atoms with Gasteiger partial charge in [-0.1, -0.05) is 36.4 Å². The maximum Gasteiger partial charge on any atom is 0.330 e. The highest BCUT2D eigenvalue weighted by atomic mass is 16.5. The summed E-state index contributed by atoms with van der Waals surface area (Å²) in [5.41, 5.74) is 0.517. The number of ether oxygens (including phenoxy) is 1. The van der Waals surface area contributed by atoms with E-state index in [4.69, 9.17) is 4.74 Å². The van der Waals surface area contributed by atoms with Crippen molar-refractivity contribution in [3.05, 3.63) is 48.6 Å². The van der Waals surface area contributed by atoms with Crippen LogP contribution in [0, 0.1) is 0 Å². The molecule has 0 aromatic heterocycles. The van der Waals surface area contributed by atoms with E-state index in [1.807, 2.05) is 0 Å². The van der Waals surface area contributed by atoms with Gasteiger partial charge >= 0.3 is 12.0 Å². The summed E-state index contributed by atoms with van der Waals surface area (Å²) in [6, 6.07) is 7.00. The Morgan fingerprint density at radius 2 is 2.10 bits per heavy atom. The Kier molecular flexibility index (Phi) is 6.97. The highest BCUT2D eigenvalue weighted by Gasteiger charge is 2.24. The average molecular weight is 292 g/mol. The summed E-state index contributed by atoms with van der Waals surface area (Å²) >= 11 is 0. The monoisotopic (exact) mass is 292 g/mol. The molecule has 0 spiro atoms. The summed E-state index contributed by atoms with van der Waals surface area (Å²) in [5, 5.41) is 11.8. The van der Waals surface area contributed by atoms with Crippen LogP contribution in [0.3, 0.4) is 0 Å². The lowest BCUT2D eigenvalue weighted by atomic mass is 10.1. The van der Waals surface area contributed by atoms with E-state index >= 15 is 0 Å². The fourth-order valence-electron chi connectivity index (χ4n) is 1.78. The number of urea groups is 1. The Morgan fingerprint density at radius 1 is 1.43 bits per heavy atom. The molecule has 1 aromatic carbocycles. The number of hydrogen-bond donors (Lipinski definition) is 2. The summed E-state index contributed by atoms with van der Waals surface area (Å²) in [7, 11) is 1.54. The Hall–Kier alpha value is -2.34. The molecule has 0 saturated heterocycles. The van der Waals surface area contributed by atoms with Crippen molar-refractivity contribution in [1.82, 2.24) is 10.2 Å². The Morgan fingerprint density at radius 3 is 2.62 bits per heavy atom. The summed E-state index contributed by atoms with van der Waals surface area (Å²) in [5.74, 6) is -1.11. The number of rotatable bonds is 8. The molecule has 1 unspecified atom stereocenters. The number of methoxy groups -OCH3 is 1. The van der Waals surface area contributed by atoms with Gasteiger partial charge in [-0.3, -0.25) is 0 Å². The minimum absolute atomic E-state index is 0.316. The molecule has 0 aliphatic heterocycles. The van der Waals surface area contributed by atoms with Crippen molar-refractivity contribution in [1.29, 1.82) is 0 Å². The summed E-state index contributed by atoms with van der Waals surface area (Å²) in [6.45, 7) is 4.62. The SMILES string of the molecule is C=CCN(CCOC)C(=O)NC(C(=O)O)c1ccccc1. The van der Waals surface area contributed by atoms with Gasteiger partial charge in [-0.15, -0.1) is 6.58 Å². The zero-order valence-electron chi connectivity index (χ0n) is 12.0. The van der Waals surface area contributed by atoms with Crippen LogP contribution in [-0.2, 0) is 9.53 Å². The third-order valence-corrected chi connectivity index (χ3v) is 2.85. The molecule has 0 aliphatic carbocycles. The molecule has 1 atom stereocenters. The smallest absolute Gasteiger partial charge is 0.330 e. The second kappa shape index (κ2) is 8.76. The van der Waals surface area contributed by atoms with Crippen LogP contribution in [0.2, 0.25) is 0 Å². The Bertz CT molecular complexity index is 476. The number of carboxylic acids is 1. The number of nitrogens with one attached hydrogen (secondary N) is 1. The lowest BCUT2D eigenvalue weighted by Gasteiger charge is -2.24. The molecule has 0 heterocycles. The van der Waals surface area contributed by atoms with Gasteiger partial charge < -0.3 is 20.1 Å². The third kappa shape index (κ3) is 5.27. The first-order valence-corrected chi connectivity index (χ1v) is 6.53. The second-order valence-electron chi connectivity index (χ2n) is 4.36. The molecule has 2 N–H and O–H groups in total. The van der Waals surface area contributed by atoms with E-state index < -0.39 is 18.0 Å². The van der Waals surface area contributed by atoms with Crippen LogP contribution in [0.5, 0.6) is 0 Å². The molecule has 1 rings (SSSR count). The largest absolute Gasteiger partial charge is 0.479 e. The fraction of sp³-hybridized carbons (Fsp3) is 0.333. The first-order valence-electron chi connectivity index (χ1n) is 6.53. The first-order chi connectivity index (χ1) is 10.1. The second-order valence-corrected chi connectivity index (χ2v) is 4.36. The van der Waals surface area contributed by atoms with E-state index in [0.717, 1.165) is 0 Å². The predicted octanol–water partition coefficient (Wildman–Crippen LogP) is 1.66. The number of benzene rings is 1. The van der Waals surface area contributed by atoms with Crippen molar-refractivity contribution in [2.75, 3.05) is 26.8 Å². The predicted molar refractivity (Wildman–Crippen MR) is 79.0 cm³/mol. The van der Waals surface area contributed by atoms with Crippen LogP contribution in [0.15, 0.2) is 43.0 Å². The number of carbonyl (C=O) groups is 2. The van der Waals surface area contributed by atoms with Gasteiger partial charge in [0.05, 0.1) is 6.61 Å². The molecule has 114 valence electrons. The Labute approximate surface area is 124 Å². The maximum absolute atomic E-state index is 12.2. The minimum atomic E-state index is -1.11. The molecule has 2 amide bonds. The van der Waals surface area contributed by atoms with Gasteiger partial charge in [-0.2, -0.15) is 0 Å². The van der Waals surface area contributed by atoms with E-state index in [1.54, 1.807) is 36.4 Å². The average Bonchev–Trinajstić information content (AvgIpc) is 2.49. The van der Waals surface area contributed by atoms with Gasteiger partial charge in [0.25, 0.3) is 0 Å². The van der Waals surface area contributed by atoms with Crippen LogP contribution in [-0.4, -0.2) is 48.8 Å². The van der Waals surface area contributed by atoms with Crippen LogP contribution >= 0.6 is 0 Å². The number of aliphatic carboxylic acids is 1. The van der Waals surface area contributed by atoms with Gasteiger partial charge in [-0.25, -0.2) is 9.59 Å². The lowest BCUT2D eigenvalue weighted by molar-refractivity contribution is -0.139. The summed E-state index contributed by atoms with van der Waals surface area (Å²) in [4.78, 5) is 25.0. The van der Waals surface area contributed by atoms with Crippen molar-refractivity contribution in [2.24, 2.45) is 0 Å². The van der Waals surface area contributed by atoms with Gasteiger partial charge in [0.1, 0.15) is 0 Å². The van der Waals surface area contributed by atoms with Crippen LogP contribution in [0.25, 0.3) is 0 Å². The highest BCUT2D eigenvalue weighted by Crippen LogP contribution is 2.13. The molecule has 0 aliphatic rings. The number of nitrogens with zero attached hydrogens (tertiary/aromatic N) is 1. The molecule has 1 aromatic rings. The molecule has 6 heteroatoms. The van der Waals surface area contributed by atoms with Crippen molar-refractivity contribution in [3.63, 3.8) is 0 Å². The van der Waals surface area contributed by atoms with E-state index in [9.17, 15) is 14.7 Å². The summed E-state index contributed by atoms with van der Waals surface area (Å²) in [6.07, 6.45) is 1.58. The molecule has 0 bridgehead atoms. The first kappa shape index (κ1) is 16.7. The molecular weight excluding hydrogens is 272 g/mol. The normalized spacial score (nSPS) is 11.5. The van der Waals surface area contributed by atoms with E-state index in [2.05, 4.69) is 11.9 Å². The standard InChI is InChI=1S/C15H20N2O4/c1-3-9-17(10-11-21-2)15(20)16-13(14(18)19)12-7-5-4-6-8-12/h3-8,13H,1,9-11H2,2H3,(H,16,20)(H,18,19). The summed E-state index contributed by atoms with van der Waals surface area (Å²) < 4.78 is 4.93. The van der Waals surface area contributed by atoms with E-state index in [-0.39, 0.29) is 0 Å². The number of carbonyl (C=O) groups excluding carboxylic acids is 1. The maximum atomic E-state index is 12.2. The highest BCUT2D eigenvalue weighted by molar-refractivity contribution is 5.83. The van der Waals surface area contributed by atoms with Crippen LogP contribution in [0.1, 0.15) is 11.6 Å². The van der Waals surface area contributed by atoms with Gasteiger partial charge in [0, 0.05) is 20.2 Å². The van der Waals surface area contributed by atoms with Crippen LogP contribution in [0.4, 0.5) is 4.79 Å². The van der Waals surface area contributed by atoms with E-state index in [0.29, 0.717) is 25.3 Å². The topological polar surface area (TPSA) is 78.9 Å². The van der Waals surface area contributed by atoms with Crippen molar-refractivity contribution in [3.8, 4) is 0 Å². The van der Waals surface area contributed by atoms with Gasteiger partial charge in [-0.05, 0) is 5.56 Å². The molecule has 0 saturated carbocycles. The molecule has 0 fully saturated rings. The van der Waals surface area contributed by atoms with Crippen molar-refractivity contribution in [2.45, 2.75) is 6.04 Å². The number of hydrogen-bond acceptors (Lipinski definition) is 3. The Balaban J connectivity index is 2.79. The van der Waals surface area contributed by atoms with Crippen molar-refractivity contribution >= 4 is 12.0 Å². The number of amides is 2. The third-order valence-electron chi connectivity index (χ3n) is 2.85.